The number of carbonyl (C=O) groups is 1. The largest absolute Gasteiger partial charge is 0.465 e. The Labute approximate surface area is 160 Å². The molecule has 27 heavy (non-hydrogen) atoms. The lowest BCUT2D eigenvalue weighted by atomic mass is 10.0. The monoisotopic (exact) mass is 360 g/mol. The summed E-state index contributed by atoms with van der Waals surface area (Å²) >= 11 is 0. The Hall–Kier alpha value is -3.27. The van der Waals surface area contributed by atoms with Gasteiger partial charge >= 0.3 is 0 Å². The third-order valence-corrected chi connectivity index (χ3v) is 4.31. The van der Waals surface area contributed by atoms with Crippen LogP contribution >= 0.6 is 0 Å². The molecule has 1 amide bonds. The summed E-state index contributed by atoms with van der Waals surface area (Å²) in [6.07, 6.45) is 4.24. The van der Waals surface area contributed by atoms with E-state index in [2.05, 4.69) is 29.4 Å². The molecule has 0 radical (unpaired) electrons. The van der Waals surface area contributed by atoms with E-state index in [1.54, 1.807) is 12.3 Å². The average Bonchev–Trinajstić information content (AvgIpc) is 3.23. The van der Waals surface area contributed by atoms with Gasteiger partial charge in [-0.1, -0.05) is 48.5 Å². The Morgan fingerprint density at radius 3 is 2.37 bits per heavy atom. The van der Waals surface area contributed by atoms with Gasteiger partial charge in [-0.3, -0.25) is 4.79 Å². The van der Waals surface area contributed by atoms with Crippen LogP contribution in [-0.4, -0.2) is 26.0 Å². The molecule has 4 heteroatoms. The van der Waals surface area contributed by atoms with Crippen LogP contribution in [0.1, 0.15) is 17.7 Å². The summed E-state index contributed by atoms with van der Waals surface area (Å²) in [5.41, 5.74) is 2.64. The summed E-state index contributed by atoms with van der Waals surface area (Å²) in [6.45, 7) is 1.48. The molecule has 0 bridgehead atoms. The maximum atomic E-state index is 12.7. The molecule has 0 saturated carbocycles. The molecule has 1 aromatic heterocycles. The third kappa shape index (κ3) is 5.35. The summed E-state index contributed by atoms with van der Waals surface area (Å²) in [6, 6.07) is 23.5. The molecular formula is C23H24N2O2. The second-order valence-electron chi connectivity index (χ2n) is 6.31. The zero-order valence-electron chi connectivity index (χ0n) is 15.5. The van der Waals surface area contributed by atoms with Gasteiger partial charge in [-0.05, 0) is 42.3 Å². The predicted octanol–water partition coefficient (Wildman–Crippen LogP) is 4.46. The van der Waals surface area contributed by atoms with Gasteiger partial charge < -0.3 is 14.6 Å². The second-order valence-corrected chi connectivity index (χ2v) is 6.31. The molecule has 0 fully saturated rings. The smallest absolute Gasteiger partial charge is 0.252 e. The van der Waals surface area contributed by atoms with Crippen molar-refractivity contribution in [1.82, 2.24) is 5.32 Å². The zero-order valence-corrected chi connectivity index (χ0v) is 15.5. The quantitative estimate of drug-likeness (QED) is 0.476. The first kappa shape index (κ1) is 18.5. The molecular weight excluding hydrogens is 336 g/mol. The Kier molecular flexibility index (Phi) is 6.47. The highest BCUT2D eigenvalue weighted by Crippen LogP contribution is 2.19. The lowest BCUT2D eigenvalue weighted by molar-refractivity contribution is -0.115. The van der Waals surface area contributed by atoms with Crippen molar-refractivity contribution >= 4 is 23.2 Å². The molecule has 0 aliphatic carbocycles. The van der Waals surface area contributed by atoms with Crippen molar-refractivity contribution in [2.45, 2.75) is 6.42 Å². The molecule has 1 heterocycles. The van der Waals surface area contributed by atoms with E-state index in [1.165, 1.54) is 5.69 Å². The fraction of sp³-hybridized carbons (Fsp3) is 0.174. The maximum Gasteiger partial charge on any atom is 0.252 e. The third-order valence-electron chi connectivity index (χ3n) is 4.31. The molecule has 0 saturated heterocycles. The van der Waals surface area contributed by atoms with Gasteiger partial charge in [0.2, 0.25) is 0 Å². The van der Waals surface area contributed by atoms with Crippen molar-refractivity contribution in [1.29, 1.82) is 0 Å². The predicted molar refractivity (Wildman–Crippen MR) is 110 cm³/mol. The normalized spacial score (nSPS) is 11.2. The molecule has 1 N–H and O–H groups in total. The summed E-state index contributed by atoms with van der Waals surface area (Å²) in [5, 5.41) is 3.02. The summed E-state index contributed by atoms with van der Waals surface area (Å²) in [7, 11) is 2.06. The van der Waals surface area contributed by atoms with Crippen LogP contribution < -0.4 is 10.2 Å². The van der Waals surface area contributed by atoms with Gasteiger partial charge in [-0.25, -0.2) is 0 Å². The molecule has 0 atom stereocenters. The van der Waals surface area contributed by atoms with E-state index in [9.17, 15) is 4.79 Å². The summed E-state index contributed by atoms with van der Waals surface area (Å²) < 4.78 is 5.38. The Morgan fingerprint density at radius 2 is 1.70 bits per heavy atom. The van der Waals surface area contributed by atoms with Gasteiger partial charge in [0, 0.05) is 25.8 Å². The number of nitrogens with zero attached hydrogens (tertiary/aromatic N) is 1. The van der Waals surface area contributed by atoms with Gasteiger partial charge in [0.1, 0.15) is 5.76 Å². The minimum absolute atomic E-state index is 0.0973. The van der Waals surface area contributed by atoms with E-state index in [0.717, 1.165) is 18.5 Å². The lowest BCUT2D eigenvalue weighted by Gasteiger charge is -2.19. The van der Waals surface area contributed by atoms with E-state index in [1.807, 2.05) is 60.7 Å². The van der Waals surface area contributed by atoms with Crippen LogP contribution in [0.2, 0.25) is 0 Å². The number of amides is 1. The van der Waals surface area contributed by atoms with Crippen LogP contribution in [0.4, 0.5) is 5.69 Å². The maximum absolute atomic E-state index is 12.7. The van der Waals surface area contributed by atoms with Crippen LogP contribution in [0.15, 0.2) is 83.5 Å². The number of hydrogen-bond donors (Lipinski definition) is 1. The lowest BCUT2D eigenvalue weighted by Crippen LogP contribution is -2.28. The fourth-order valence-electron chi connectivity index (χ4n) is 2.84. The van der Waals surface area contributed by atoms with Crippen molar-refractivity contribution in [3.63, 3.8) is 0 Å². The van der Waals surface area contributed by atoms with Crippen LogP contribution in [-0.2, 0) is 4.79 Å². The van der Waals surface area contributed by atoms with Gasteiger partial charge in [0.15, 0.2) is 0 Å². The van der Waals surface area contributed by atoms with Crippen molar-refractivity contribution in [3.8, 4) is 0 Å². The minimum atomic E-state index is -0.0973. The molecule has 0 spiro atoms. The molecule has 3 rings (SSSR count). The van der Waals surface area contributed by atoms with E-state index >= 15 is 0 Å². The fourth-order valence-corrected chi connectivity index (χ4v) is 2.84. The molecule has 0 aliphatic rings. The summed E-state index contributed by atoms with van der Waals surface area (Å²) in [5.74, 6) is 0.563. The van der Waals surface area contributed by atoms with E-state index in [4.69, 9.17) is 4.42 Å². The number of benzene rings is 2. The first-order valence-corrected chi connectivity index (χ1v) is 9.09. The number of para-hydroxylation sites is 1. The molecule has 2 aromatic carbocycles. The topological polar surface area (TPSA) is 45.5 Å². The van der Waals surface area contributed by atoms with Crippen molar-refractivity contribution < 1.29 is 9.21 Å². The first-order chi connectivity index (χ1) is 13.2. The number of anilines is 1. The average molecular weight is 360 g/mol. The summed E-state index contributed by atoms with van der Waals surface area (Å²) in [4.78, 5) is 14.9. The van der Waals surface area contributed by atoms with E-state index in [0.29, 0.717) is 17.9 Å². The zero-order chi connectivity index (χ0) is 18.9. The Bertz CT molecular complexity index is 856. The van der Waals surface area contributed by atoms with Crippen molar-refractivity contribution in [2.75, 3.05) is 25.0 Å². The SMILES string of the molecule is CN(CCCNC(=O)/C(=C/c1ccco1)c1ccccc1)c1ccccc1. The molecule has 0 aliphatic heterocycles. The molecule has 138 valence electrons. The van der Waals surface area contributed by atoms with Crippen LogP contribution in [0.3, 0.4) is 0 Å². The molecule has 4 nitrogen and oxygen atoms in total. The van der Waals surface area contributed by atoms with Crippen LogP contribution in [0, 0.1) is 0 Å². The first-order valence-electron chi connectivity index (χ1n) is 9.09. The number of rotatable bonds is 8. The Morgan fingerprint density at radius 1 is 1.00 bits per heavy atom. The minimum Gasteiger partial charge on any atom is -0.465 e. The van der Waals surface area contributed by atoms with Crippen molar-refractivity contribution in [2.24, 2.45) is 0 Å². The standard InChI is InChI=1S/C23H24N2O2/c1-25(20-12-6-3-7-13-20)16-9-15-24-23(26)22(18-21-14-8-17-27-21)19-10-4-2-5-11-19/h2-8,10-14,17-18H,9,15-16H2,1H3,(H,24,26)/b22-18+. The molecule has 3 aromatic rings. The van der Waals surface area contributed by atoms with E-state index in [-0.39, 0.29) is 5.91 Å². The van der Waals surface area contributed by atoms with Gasteiger partial charge in [0.25, 0.3) is 5.91 Å². The van der Waals surface area contributed by atoms with Gasteiger partial charge in [0.05, 0.1) is 11.8 Å². The van der Waals surface area contributed by atoms with Crippen molar-refractivity contribution in [3.05, 3.63) is 90.4 Å². The highest BCUT2D eigenvalue weighted by atomic mass is 16.3. The number of nitrogens with one attached hydrogen (secondary N) is 1. The number of hydrogen-bond acceptors (Lipinski definition) is 3. The van der Waals surface area contributed by atoms with Gasteiger partial charge in [-0.2, -0.15) is 0 Å². The van der Waals surface area contributed by atoms with Gasteiger partial charge in [-0.15, -0.1) is 0 Å². The number of carbonyl (C=O) groups excluding carboxylic acids is 1. The number of furan rings is 1. The van der Waals surface area contributed by atoms with Crippen LogP contribution in [0.25, 0.3) is 11.6 Å². The highest BCUT2D eigenvalue weighted by Gasteiger charge is 2.12. The Balaban J connectivity index is 1.59. The van der Waals surface area contributed by atoms with E-state index < -0.39 is 0 Å². The second kappa shape index (κ2) is 9.43. The highest BCUT2D eigenvalue weighted by molar-refractivity contribution is 6.24. The van der Waals surface area contributed by atoms with Crippen LogP contribution in [0.5, 0.6) is 0 Å². The molecule has 0 unspecified atom stereocenters.